The molecule has 0 spiro atoms. The molecule has 28 heavy (non-hydrogen) atoms. The monoisotopic (exact) mass is 390 g/mol. The van der Waals surface area contributed by atoms with Gasteiger partial charge in [0.05, 0.1) is 17.2 Å². The molecule has 0 atom stereocenters. The zero-order valence-corrected chi connectivity index (χ0v) is 16.5. The molecule has 0 unspecified atom stereocenters. The third-order valence-corrected chi connectivity index (χ3v) is 5.50. The van der Waals surface area contributed by atoms with Crippen LogP contribution < -0.4 is 15.8 Å². The molecule has 0 aliphatic heterocycles. The summed E-state index contributed by atoms with van der Waals surface area (Å²) in [5, 5.41) is 7.64. The average Bonchev–Trinajstić information content (AvgIpc) is 3.19. The van der Waals surface area contributed by atoms with Gasteiger partial charge in [-0.3, -0.25) is 0 Å². The molecule has 0 saturated carbocycles. The normalized spacial score (nSPS) is 10.9. The van der Waals surface area contributed by atoms with E-state index in [1.165, 1.54) is 5.39 Å². The molecule has 2 aromatic carbocycles. The quantitative estimate of drug-likeness (QED) is 0.435. The van der Waals surface area contributed by atoms with Crippen molar-refractivity contribution in [2.45, 2.75) is 13.3 Å². The molecule has 2 aromatic heterocycles. The van der Waals surface area contributed by atoms with Gasteiger partial charge < -0.3 is 15.8 Å². The number of ether oxygens (including phenoxy) is 1. The van der Waals surface area contributed by atoms with Gasteiger partial charge in [0.2, 0.25) is 0 Å². The number of nitrogens with one attached hydrogen (secondary N) is 1. The molecule has 0 aliphatic rings. The molecule has 0 aliphatic carbocycles. The van der Waals surface area contributed by atoms with Gasteiger partial charge in [0.1, 0.15) is 17.9 Å². The highest BCUT2D eigenvalue weighted by molar-refractivity contribution is 7.13. The van der Waals surface area contributed by atoms with Gasteiger partial charge in [0.25, 0.3) is 0 Å². The van der Waals surface area contributed by atoms with Crippen molar-refractivity contribution in [3.63, 3.8) is 0 Å². The zero-order chi connectivity index (χ0) is 19.3. The van der Waals surface area contributed by atoms with Gasteiger partial charge in [-0.25, -0.2) is 9.97 Å². The summed E-state index contributed by atoms with van der Waals surface area (Å²) in [5.74, 6) is 1.68. The van der Waals surface area contributed by atoms with Crippen molar-refractivity contribution in [1.82, 2.24) is 9.97 Å². The van der Waals surface area contributed by atoms with Crippen LogP contribution in [0.4, 0.5) is 11.5 Å². The van der Waals surface area contributed by atoms with Crippen LogP contribution in [0.2, 0.25) is 0 Å². The van der Waals surface area contributed by atoms with Crippen molar-refractivity contribution in [1.29, 1.82) is 0 Å². The Bertz CT molecular complexity index is 1090. The van der Waals surface area contributed by atoms with E-state index in [-0.39, 0.29) is 0 Å². The Morgan fingerprint density at radius 3 is 2.89 bits per heavy atom. The minimum Gasteiger partial charge on any atom is -0.493 e. The van der Waals surface area contributed by atoms with Gasteiger partial charge >= 0.3 is 0 Å². The summed E-state index contributed by atoms with van der Waals surface area (Å²) in [6, 6.07) is 16.4. The fourth-order valence-electron chi connectivity index (χ4n) is 3.17. The molecule has 3 N–H and O–H groups in total. The summed E-state index contributed by atoms with van der Waals surface area (Å²) in [6.45, 7) is 3.38. The molecule has 0 fully saturated rings. The second-order valence-corrected chi connectivity index (χ2v) is 7.32. The number of aromatic nitrogens is 2. The number of nitrogen functional groups attached to an aromatic ring is 1. The molecule has 0 radical (unpaired) electrons. The first-order valence-corrected chi connectivity index (χ1v) is 10.2. The van der Waals surface area contributed by atoms with Crippen molar-refractivity contribution in [3.05, 3.63) is 65.8 Å². The molecule has 6 heteroatoms. The van der Waals surface area contributed by atoms with Crippen LogP contribution in [-0.4, -0.2) is 23.1 Å². The summed E-state index contributed by atoms with van der Waals surface area (Å²) in [6.07, 6.45) is 2.41. The molecular weight excluding hydrogens is 368 g/mol. The van der Waals surface area contributed by atoms with Gasteiger partial charge in [-0.05, 0) is 24.3 Å². The second-order valence-electron chi connectivity index (χ2n) is 6.40. The zero-order valence-electron chi connectivity index (χ0n) is 15.7. The summed E-state index contributed by atoms with van der Waals surface area (Å²) >= 11 is 1.62. The third kappa shape index (κ3) is 3.92. The molecule has 0 saturated heterocycles. The number of anilines is 2. The minimum atomic E-state index is 0.657. The Morgan fingerprint density at radius 2 is 2.00 bits per heavy atom. The Kier molecular flexibility index (Phi) is 5.39. The summed E-state index contributed by atoms with van der Waals surface area (Å²) in [5.41, 5.74) is 9.24. The number of rotatable bonds is 7. The highest BCUT2D eigenvalue weighted by Crippen LogP contribution is 2.30. The first-order chi connectivity index (χ1) is 13.7. The smallest absolute Gasteiger partial charge is 0.130 e. The van der Waals surface area contributed by atoms with Gasteiger partial charge in [0.15, 0.2) is 0 Å². The number of benzene rings is 2. The molecule has 0 bridgehead atoms. The van der Waals surface area contributed by atoms with Crippen molar-refractivity contribution in [2.75, 3.05) is 24.2 Å². The molecular formula is C22H22N4OS. The maximum absolute atomic E-state index is 6.36. The Morgan fingerprint density at radius 1 is 1.11 bits per heavy atom. The first-order valence-electron chi connectivity index (χ1n) is 9.28. The van der Waals surface area contributed by atoms with E-state index in [0.29, 0.717) is 6.61 Å². The Labute approximate surface area is 168 Å². The van der Waals surface area contributed by atoms with Crippen LogP contribution in [0.3, 0.4) is 0 Å². The highest BCUT2D eigenvalue weighted by atomic mass is 32.1. The topological polar surface area (TPSA) is 73.1 Å². The number of hydrogen-bond donors (Lipinski definition) is 2. The first kappa shape index (κ1) is 18.3. The Balaban J connectivity index is 1.43. The van der Waals surface area contributed by atoms with E-state index >= 15 is 0 Å². The van der Waals surface area contributed by atoms with E-state index in [1.807, 2.05) is 36.6 Å². The molecule has 4 aromatic rings. The van der Waals surface area contributed by atoms with Crippen LogP contribution in [0.5, 0.6) is 5.75 Å². The van der Waals surface area contributed by atoms with E-state index in [2.05, 4.69) is 39.6 Å². The summed E-state index contributed by atoms with van der Waals surface area (Å²) in [4.78, 5) is 9.78. The highest BCUT2D eigenvalue weighted by Gasteiger charge is 2.07. The minimum absolute atomic E-state index is 0.657. The van der Waals surface area contributed by atoms with E-state index in [9.17, 15) is 0 Å². The fraction of sp³-hybridized carbons (Fsp3) is 0.182. The molecule has 142 valence electrons. The van der Waals surface area contributed by atoms with E-state index < -0.39 is 0 Å². The number of nitrogens with two attached hydrogens (primary N) is 1. The third-order valence-electron chi connectivity index (χ3n) is 4.57. The van der Waals surface area contributed by atoms with Crippen LogP contribution in [0.1, 0.15) is 12.5 Å². The van der Waals surface area contributed by atoms with Crippen LogP contribution in [0.25, 0.3) is 21.3 Å². The van der Waals surface area contributed by atoms with Crippen LogP contribution in [0, 0.1) is 0 Å². The fourth-order valence-corrected chi connectivity index (χ4v) is 3.96. The van der Waals surface area contributed by atoms with Crippen molar-refractivity contribution < 1.29 is 4.74 Å². The van der Waals surface area contributed by atoms with E-state index in [4.69, 9.17) is 10.5 Å². The van der Waals surface area contributed by atoms with Crippen molar-refractivity contribution >= 4 is 33.6 Å². The molecule has 5 nitrogen and oxygen atoms in total. The SMILES string of the molecule is CCOc1csc(-c2cc(NCCc3ccc4ccccc4c3N)ncn2)c1. The number of hydrogen-bond acceptors (Lipinski definition) is 6. The van der Waals surface area contributed by atoms with E-state index in [0.717, 1.165) is 51.7 Å². The van der Waals surface area contributed by atoms with Gasteiger partial charge in [-0.1, -0.05) is 36.4 Å². The van der Waals surface area contributed by atoms with Crippen LogP contribution in [0.15, 0.2) is 60.2 Å². The number of thiophene rings is 1. The van der Waals surface area contributed by atoms with Crippen molar-refractivity contribution in [3.8, 4) is 16.3 Å². The van der Waals surface area contributed by atoms with Gasteiger partial charge in [-0.2, -0.15) is 0 Å². The molecule has 4 rings (SSSR count). The van der Waals surface area contributed by atoms with Crippen molar-refractivity contribution in [2.24, 2.45) is 0 Å². The predicted molar refractivity (Wildman–Crippen MR) is 117 cm³/mol. The average molecular weight is 391 g/mol. The maximum Gasteiger partial charge on any atom is 0.130 e. The lowest BCUT2D eigenvalue weighted by atomic mass is 10.0. The van der Waals surface area contributed by atoms with Gasteiger partial charge in [0, 0.05) is 35.1 Å². The Hall–Kier alpha value is -3.12. The standard InChI is InChI=1S/C22H22N4OS/c1-2-27-17-11-20(28-13-17)19-12-21(26-14-25-19)24-10-9-16-8-7-15-5-3-4-6-18(15)22(16)23/h3-8,11-14H,2,9-10,23H2,1H3,(H,24,25,26). The summed E-state index contributed by atoms with van der Waals surface area (Å²) in [7, 11) is 0. The number of fused-ring (bicyclic) bond motifs is 1. The summed E-state index contributed by atoms with van der Waals surface area (Å²) < 4.78 is 5.53. The molecule has 2 heterocycles. The molecule has 0 amide bonds. The largest absolute Gasteiger partial charge is 0.493 e. The van der Waals surface area contributed by atoms with E-state index in [1.54, 1.807) is 17.7 Å². The lowest BCUT2D eigenvalue weighted by Crippen LogP contribution is -2.08. The van der Waals surface area contributed by atoms with Crippen LogP contribution >= 0.6 is 11.3 Å². The lowest BCUT2D eigenvalue weighted by molar-refractivity contribution is 0.342. The predicted octanol–water partition coefficient (Wildman–Crippen LogP) is 4.99. The lowest BCUT2D eigenvalue weighted by Gasteiger charge is -2.10. The van der Waals surface area contributed by atoms with Crippen LogP contribution in [-0.2, 0) is 6.42 Å². The number of nitrogens with zero attached hydrogens (tertiary/aromatic N) is 2. The second kappa shape index (κ2) is 8.27. The maximum atomic E-state index is 6.36. The van der Waals surface area contributed by atoms with Gasteiger partial charge in [-0.15, -0.1) is 11.3 Å².